The maximum atomic E-state index is 13.0. The second-order valence-electron chi connectivity index (χ2n) is 5.57. The van der Waals surface area contributed by atoms with Crippen LogP contribution in [0.15, 0.2) is 64.8 Å². The Morgan fingerprint density at radius 3 is 2.62 bits per heavy atom. The van der Waals surface area contributed by atoms with E-state index in [2.05, 4.69) is 15.3 Å². The van der Waals surface area contributed by atoms with E-state index in [1.807, 2.05) is 55.6 Å². The standard InChI is InChI=1S/C19H19N5OS/c1-13(14-7-6-10-22-12-14)26-19-23-17(21-2)16(11-20)18(25)24(19)15-8-4-3-5-9-15/h3-13,20-21H,1-2H3. The number of thioether (sulfide) groups is 1. The fourth-order valence-corrected chi connectivity index (χ4v) is 3.59. The quantitative estimate of drug-likeness (QED) is 0.397. The first-order valence-electron chi connectivity index (χ1n) is 8.13. The largest absolute Gasteiger partial charge is 0.372 e. The second kappa shape index (κ2) is 7.97. The molecule has 2 aromatic heterocycles. The number of anilines is 1. The van der Waals surface area contributed by atoms with Gasteiger partial charge in [0.1, 0.15) is 11.4 Å². The fourth-order valence-electron chi connectivity index (χ4n) is 2.56. The van der Waals surface area contributed by atoms with E-state index in [1.54, 1.807) is 17.8 Å². The first-order chi connectivity index (χ1) is 12.7. The van der Waals surface area contributed by atoms with Crippen LogP contribution in [0.25, 0.3) is 5.69 Å². The molecule has 0 spiro atoms. The Kier molecular flexibility index (Phi) is 5.48. The van der Waals surface area contributed by atoms with Crippen LogP contribution in [-0.2, 0) is 0 Å². The Morgan fingerprint density at radius 1 is 1.23 bits per heavy atom. The van der Waals surface area contributed by atoms with Crippen molar-refractivity contribution in [1.29, 1.82) is 5.41 Å². The molecule has 0 aliphatic rings. The third kappa shape index (κ3) is 3.52. The van der Waals surface area contributed by atoms with Crippen LogP contribution in [-0.4, -0.2) is 27.8 Å². The molecular formula is C19H19N5OS. The van der Waals surface area contributed by atoms with Crippen molar-refractivity contribution in [3.63, 3.8) is 0 Å². The lowest BCUT2D eigenvalue weighted by atomic mass is 10.2. The molecule has 2 heterocycles. The Hall–Kier alpha value is -2.93. The van der Waals surface area contributed by atoms with E-state index in [0.29, 0.717) is 11.0 Å². The SMILES string of the molecule is CNc1nc(SC(C)c2cccnc2)n(-c2ccccc2)c(=O)c1C=N. The van der Waals surface area contributed by atoms with Gasteiger partial charge in [-0.3, -0.25) is 14.3 Å². The highest BCUT2D eigenvalue weighted by atomic mass is 32.2. The summed E-state index contributed by atoms with van der Waals surface area (Å²) >= 11 is 1.48. The Labute approximate surface area is 155 Å². The lowest BCUT2D eigenvalue weighted by Crippen LogP contribution is -2.26. The molecule has 3 aromatic rings. The molecular weight excluding hydrogens is 346 g/mol. The summed E-state index contributed by atoms with van der Waals surface area (Å²) in [5.74, 6) is 0.401. The molecule has 6 nitrogen and oxygen atoms in total. The van der Waals surface area contributed by atoms with Gasteiger partial charge in [0.25, 0.3) is 5.56 Å². The van der Waals surface area contributed by atoms with E-state index < -0.39 is 0 Å². The molecule has 0 fully saturated rings. The molecule has 0 saturated heterocycles. The minimum Gasteiger partial charge on any atom is -0.372 e. The van der Waals surface area contributed by atoms with Crippen molar-refractivity contribution < 1.29 is 0 Å². The van der Waals surface area contributed by atoms with Crippen molar-refractivity contribution in [3.05, 3.63) is 76.3 Å². The molecule has 3 rings (SSSR count). The monoisotopic (exact) mass is 365 g/mol. The smallest absolute Gasteiger partial charge is 0.269 e. The zero-order valence-electron chi connectivity index (χ0n) is 14.5. The Balaban J connectivity index is 2.15. The van der Waals surface area contributed by atoms with Crippen LogP contribution in [0.3, 0.4) is 0 Å². The maximum Gasteiger partial charge on any atom is 0.269 e. The molecule has 7 heteroatoms. The van der Waals surface area contributed by atoms with Gasteiger partial charge in [0.05, 0.1) is 5.69 Å². The zero-order valence-corrected chi connectivity index (χ0v) is 15.3. The van der Waals surface area contributed by atoms with E-state index >= 15 is 0 Å². The first kappa shape index (κ1) is 17.9. The van der Waals surface area contributed by atoms with Crippen molar-refractivity contribution in [1.82, 2.24) is 14.5 Å². The van der Waals surface area contributed by atoms with Crippen molar-refractivity contribution in [2.24, 2.45) is 0 Å². The van der Waals surface area contributed by atoms with Gasteiger partial charge in [0.2, 0.25) is 0 Å². The summed E-state index contributed by atoms with van der Waals surface area (Å²) in [6, 6.07) is 13.2. The van der Waals surface area contributed by atoms with Crippen molar-refractivity contribution in [2.45, 2.75) is 17.3 Å². The van der Waals surface area contributed by atoms with Gasteiger partial charge in [-0.1, -0.05) is 36.0 Å². The third-order valence-electron chi connectivity index (χ3n) is 3.92. The predicted octanol–water partition coefficient (Wildman–Crippen LogP) is 3.52. The molecule has 2 N–H and O–H groups in total. The minimum absolute atomic E-state index is 0.0566. The minimum atomic E-state index is -0.272. The van der Waals surface area contributed by atoms with Crippen LogP contribution in [0.1, 0.15) is 23.3 Å². The number of rotatable bonds is 6. The highest BCUT2D eigenvalue weighted by Crippen LogP contribution is 2.34. The molecule has 0 aliphatic carbocycles. The first-order valence-corrected chi connectivity index (χ1v) is 9.01. The number of nitrogens with one attached hydrogen (secondary N) is 2. The molecule has 26 heavy (non-hydrogen) atoms. The van der Waals surface area contributed by atoms with Crippen LogP contribution in [0, 0.1) is 5.41 Å². The van der Waals surface area contributed by atoms with E-state index in [1.165, 1.54) is 11.8 Å². The summed E-state index contributed by atoms with van der Waals surface area (Å²) in [6.45, 7) is 2.05. The van der Waals surface area contributed by atoms with Gasteiger partial charge in [0.15, 0.2) is 5.16 Å². The summed E-state index contributed by atoms with van der Waals surface area (Å²) in [6.07, 6.45) is 4.59. The fraction of sp³-hybridized carbons (Fsp3) is 0.158. The molecule has 0 saturated carbocycles. The number of hydrogen-bond acceptors (Lipinski definition) is 6. The third-order valence-corrected chi connectivity index (χ3v) is 5.03. The number of hydrogen-bond donors (Lipinski definition) is 2. The van der Waals surface area contributed by atoms with Crippen molar-refractivity contribution in [2.75, 3.05) is 12.4 Å². The second-order valence-corrected chi connectivity index (χ2v) is 6.88. The Morgan fingerprint density at radius 2 is 2.00 bits per heavy atom. The van der Waals surface area contributed by atoms with Gasteiger partial charge < -0.3 is 10.7 Å². The molecule has 0 bridgehead atoms. The molecule has 0 radical (unpaired) electrons. The predicted molar refractivity (Wildman–Crippen MR) is 106 cm³/mol. The summed E-state index contributed by atoms with van der Waals surface area (Å²) in [5, 5.41) is 11.1. The van der Waals surface area contributed by atoms with Crippen LogP contribution in [0.5, 0.6) is 0 Å². The van der Waals surface area contributed by atoms with Gasteiger partial charge in [-0.05, 0) is 30.7 Å². The zero-order chi connectivity index (χ0) is 18.5. The Bertz CT molecular complexity index is 957. The maximum absolute atomic E-state index is 13.0. The lowest BCUT2D eigenvalue weighted by Gasteiger charge is -2.17. The summed E-state index contributed by atoms with van der Waals surface area (Å²) in [4.78, 5) is 21.8. The van der Waals surface area contributed by atoms with Gasteiger partial charge >= 0.3 is 0 Å². The highest BCUT2D eigenvalue weighted by molar-refractivity contribution is 7.99. The molecule has 1 aromatic carbocycles. The molecule has 0 amide bonds. The van der Waals surface area contributed by atoms with Gasteiger partial charge in [-0.2, -0.15) is 0 Å². The van der Waals surface area contributed by atoms with Gasteiger partial charge in [-0.25, -0.2) is 4.98 Å². The molecule has 0 aliphatic heterocycles. The van der Waals surface area contributed by atoms with E-state index in [4.69, 9.17) is 5.41 Å². The lowest BCUT2D eigenvalue weighted by molar-refractivity contribution is 0.793. The summed E-state index contributed by atoms with van der Waals surface area (Å²) in [7, 11) is 1.70. The number of para-hydroxylation sites is 1. The van der Waals surface area contributed by atoms with E-state index in [0.717, 1.165) is 17.5 Å². The normalized spacial score (nSPS) is 11.8. The molecule has 1 atom stereocenters. The number of aromatic nitrogens is 3. The van der Waals surface area contributed by atoms with E-state index in [9.17, 15) is 4.79 Å². The number of benzene rings is 1. The topological polar surface area (TPSA) is 83.7 Å². The van der Waals surface area contributed by atoms with Gasteiger partial charge in [0, 0.05) is 30.9 Å². The van der Waals surface area contributed by atoms with E-state index in [-0.39, 0.29) is 16.4 Å². The van der Waals surface area contributed by atoms with Crippen LogP contribution >= 0.6 is 11.8 Å². The number of pyridine rings is 1. The molecule has 132 valence electrons. The summed E-state index contributed by atoms with van der Waals surface area (Å²) < 4.78 is 1.55. The number of nitrogens with zero attached hydrogens (tertiary/aromatic N) is 3. The average molecular weight is 365 g/mol. The van der Waals surface area contributed by atoms with Crippen LogP contribution < -0.4 is 10.9 Å². The van der Waals surface area contributed by atoms with Gasteiger partial charge in [-0.15, -0.1) is 0 Å². The summed E-state index contributed by atoms with van der Waals surface area (Å²) in [5.41, 5.74) is 1.73. The van der Waals surface area contributed by atoms with Crippen molar-refractivity contribution >= 4 is 23.8 Å². The van der Waals surface area contributed by atoms with Crippen molar-refractivity contribution in [3.8, 4) is 5.69 Å². The average Bonchev–Trinajstić information content (AvgIpc) is 2.69. The molecule has 1 unspecified atom stereocenters. The van der Waals surface area contributed by atoms with Crippen LogP contribution in [0.2, 0.25) is 0 Å². The highest BCUT2D eigenvalue weighted by Gasteiger charge is 2.19. The van der Waals surface area contributed by atoms with Crippen LogP contribution in [0.4, 0.5) is 5.82 Å².